The van der Waals surface area contributed by atoms with Crippen LogP contribution < -0.4 is 14.2 Å². The Morgan fingerprint density at radius 1 is 1.23 bits per heavy atom. The van der Waals surface area contributed by atoms with Gasteiger partial charge in [-0.1, -0.05) is 0 Å². The number of benzene rings is 1. The Labute approximate surface area is 128 Å². The summed E-state index contributed by atoms with van der Waals surface area (Å²) in [5.41, 5.74) is 0. The first kappa shape index (κ1) is 14.9. The van der Waals surface area contributed by atoms with Gasteiger partial charge in [0.2, 0.25) is 10.0 Å². The lowest BCUT2D eigenvalue weighted by Crippen LogP contribution is -2.26. The van der Waals surface area contributed by atoms with Gasteiger partial charge in [-0.15, -0.1) is 0 Å². The average molecular weight is 324 g/mol. The summed E-state index contributed by atoms with van der Waals surface area (Å²) in [5, 5.41) is 0. The van der Waals surface area contributed by atoms with Crippen LogP contribution in [-0.2, 0) is 16.4 Å². The van der Waals surface area contributed by atoms with E-state index in [1.807, 2.05) is 0 Å². The third kappa shape index (κ3) is 3.23. The second-order valence-corrected chi connectivity index (χ2v) is 6.58. The topological polar surface area (TPSA) is 90.7 Å². The van der Waals surface area contributed by atoms with E-state index in [1.165, 1.54) is 12.1 Å². The zero-order chi connectivity index (χ0) is 15.6. The molecule has 1 N–H and O–H groups in total. The van der Waals surface area contributed by atoms with Gasteiger partial charge in [-0.2, -0.15) is 0 Å². The van der Waals surface area contributed by atoms with Crippen molar-refractivity contribution in [1.29, 1.82) is 0 Å². The first-order valence-electron chi connectivity index (χ1n) is 6.85. The molecule has 0 bridgehead atoms. The van der Waals surface area contributed by atoms with Crippen LogP contribution in [0.4, 0.5) is 0 Å². The Kier molecular flexibility index (Phi) is 4.04. The summed E-state index contributed by atoms with van der Waals surface area (Å²) >= 11 is 0. The van der Waals surface area contributed by atoms with Crippen molar-refractivity contribution in [2.24, 2.45) is 0 Å². The van der Waals surface area contributed by atoms with Crippen LogP contribution in [-0.4, -0.2) is 33.2 Å². The van der Waals surface area contributed by atoms with E-state index in [0.29, 0.717) is 42.8 Å². The molecule has 0 radical (unpaired) electrons. The number of fused-ring (bicyclic) bond motifs is 1. The molecule has 1 aliphatic rings. The quantitative estimate of drug-likeness (QED) is 0.891. The number of hydrogen-bond acceptors (Lipinski definition) is 6. The Morgan fingerprint density at radius 3 is 2.73 bits per heavy atom. The summed E-state index contributed by atoms with van der Waals surface area (Å²) in [6, 6.07) is 4.55. The van der Waals surface area contributed by atoms with Crippen molar-refractivity contribution in [3.63, 3.8) is 0 Å². The minimum absolute atomic E-state index is 0.139. The van der Waals surface area contributed by atoms with Crippen molar-refractivity contribution >= 4 is 10.0 Å². The summed E-state index contributed by atoms with van der Waals surface area (Å²) in [6.07, 6.45) is 1.99. The van der Waals surface area contributed by atoms with Crippen molar-refractivity contribution in [1.82, 2.24) is 9.71 Å². The molecule has 2 aromatic rings. The number of hydrogen-bond donors (Lipinski definition) is 1. The molecule has 7 nitrogen and oxygen atoms in total. The average Bonchev–Trinajstić information content (AvgIpc) is 2.92. The SMILES string of the molecule is Cc1cnc(CCNS(=O)(=O)c2ccc3c(c2)OCCO3)o1. The van der Waals surface area contributed by atoms with Crippen molar-refractivity contribution in [3.8, 4) is 11.5 Å². The van der Waals surface area contributed by atoms with Crippen molar-refractivity contribution in [2.75, 3.05) is 19.8 Å². The number of ether oxygens (including phenoxy) is 2. The van der Waals surface area contributed by atoms with Gasteiger partial charge in [-0.05, 0) is 19.1 Å². The molecule has 0 saturated heterocycles. The highest BCUT2D eigenvalue weighted by molar-refractivity contribution is 7.89. The van der Waals surface area contributed by atoms with E-state index >= 15 is 0 Å². The van der Waals surface area contributed by atoms with Gasteiger partial charge in [0.25, 0.3) is 0 Å². The fraction of sp³-hybridized carbons (Fsp3) is 0.357. The molecule has 8 heteroatoms. The summed E-state index contributed by atoms with van der Waals surface area (Å²) in [6.45, 7) is 2.87. The predicted octanol–water partition coefficient (Wildman–Crippen LogP) is 1.28. The van der Waals surface area contributed by atoms with Crippen LogP contribution >= 0.6 is 0 Å². The van der Waals surface area contributed by atoms with Gasteiger partial charge in [0.15, 0.2) is 17.4 Å². The molecule has 0 aliphatic carbocycles. The molecule has 22 heavy (non-hydrogen) atoms. The molecule has 118 valence electrons. The molecule has 0 atom stereocenters. The number of oxazole rings is 1. The highest BCUT2D eigenvalue weighted by Crippen LogP contribution is 2.32. The predicted molar refractivity (Wildman–Crippen MR) is 77.6 cm³/mol. The van der Waals surface area contributed by atoms with Gasteiger partial charge in [-0.3, -0.25) is 0 Å². The minimum atomic E-state index is -3.61. The van der Waals surface area contributed by atoms with Crippen LogP contribution in [0, 0.1) is 6.92 Å². The minimum Gasteiger partial charge on any atom is -0.486 e. The van der Waals surface area contributed by atoms with Gasteiger partial charge < -0.3 is 13.9 Å². The summed E-state index contributed by atoms with van der Waals surface area (Å²) < 4.78 is 43.1. The van der Waals surface area contributed by atoms with E-state index in [9.17, 15) is 8.42 Å². The lowest BCUT2D eigenvalue weighted by atomic mass is 10.3. The van der Waals surface area contributed by atoms with Crippen molar-refractivity contribution in [2.45, 2.75) is 18.2 Å². The molecule has 0 unspecified atom stereocenters. The fourth-order valence-electron chi connectivity index (χ4n) is 2.08. The summed E-state index contributed by atoms with van der Waals surface area (Å²) in [5.74, 6) is 2.20. The molecular formula is C14H16N2O5S. The van der Waals surface area contributed by atoms with Crippen LogP contribution in [0.15, 0.2) is 33.7 Å². The monoisotopic (exact) mass is 324 g/mol. The zero-order valence-electron chi connectivity index (χ0n) is 12.0. The smallest absolute Gasteiger partial charge is 0.240 e. The van der Waals surface area contributed by atoms with Gasteiger partial charge >= 0.3 is 0 Å². The van der Waals surface area contributed by atoms with Crippen LogP contribution in [0.2, 0.25) is 0 Å². The van der Waals surface area contributed by atoms with Gasteiger partial charge in [-0.25, -0.2) is 18.1 Å². The Hall–Kier alpha value is -2.06. The van der Waals surface area contributed by atoms with Gasteiger partial charge in [0.1, 0.15) is 19.0 Å². The van der Waals surface area contributed by atoms with E-state index in [1.54, 1.807) is 19.2 Å². The number of rotatable bonds is 5. The second-order valence-electron chi connectivity index (χ2n) is 4.82. The lowest BCUT2D eigenvalue weighted by Gasteiger charge is -2.18. The van der Waals surface area contributed by atoms with Crippen LogP contribution in [0.1, 0.15) is 11.7 Å². The Morgan fingerprint density at radius 2 is 2.00 bits per heavy atom. The molecule has 0 spiro atoms. The van der Waals surface area contributed by atoms with E-state index in [0.717, 1.165) is 0 Å². The molecule has 2 heterocycles. The number of nitrogens with zero attached hydrogens (tertiary/aromatic N) is 1. The second kappa shape index (κ2) is 5.98. The number of nitrogens with one attached hydrogen (secondary N) is 1. The van der Waals surface area contributed by atoms with E-state index in [2.05, 4.69) is 9.71 Å². The molecule has 1 aromatic carbocycles. The van der Waals surface area contributed by atoms with Gasteiger partial charge in [0.05, 0.1) is 11.1 Å². The van der Waals surface area contributed by atoms with E-state index in [4.69, 9.17) is 13.9 Å². The van der Waals surface area contributed by atoms with Crippen LogP contribution in [0.25, 0.3) is 0 Å². The molecule has 0 fully saturated rings. The maximum absolute atomic E-state index is 12.3. The van der Waals surface area contributed by atoms with E-state index < -0.39 is 10.0 Å². The third-order valence-corrected chi connectivity index (χ3v) is 4.58. The lowest BCUT2D eigenvalue weighted by molar-refractivity contribution is 0.171. The van der Waals surface area contributed by atoms with E-state index in [-0.39, 0.29) is 11.4 Å². The Balaban J connectivity index is 1.67. The standard InChI is InChI=1S/C14H16N2O5S/c1-10-9-15-14(21-10)4-5-16-22(17,18)11-2-3-12-13(8-11)20-7-6-19-12/h2-3,8-9,16H,4-7H2,1H3. The van der Waals surface area contributed by atoms with Crippen molar-refractivity contribution in [3.05, 3.63) is 36.0 Å². The number of sulfonamides is 1. The normalized spacial score (nSPS) is 14.0. The molecule has 0 amide bonds. The fourth-order valence-corrected chi connectivity index (χ4v) is 3.13. The maximum atomic E-state index is 12.3. The molecule has 0 saturated carbocycles. The molecule has 3 rings (SSSR count). The van der Waals surface area contributed by atoms with Crippen molar-refractivity contribution < 1.29 is 22.3 Å². The van der Waals surface area contributed by atoms with Crippen LogP contribution in [0.3, 0.4) is 0 Å². The first-order valence-corrected chi connectivity index (χ1v) is 8.33. The molecule has 1 aromatic heterocycles. The van der Waals surface area contributed by atoms with Gasteiger partial charge in [0, 0.05) is 19.0 Å². The van der Waals surface area contributed by atoms with Crippen LogP contribution in [0.5, 0.6) is 11.5 Å². The Bertz CT molecular complexity index is 769. The maximum Gasteiger partial charge on any atom is 0.240 e. The number of aromatic nitrogens is 1. The third-order valence-electron chi connectivity index (χ3n) is 3.12. The number of aryl methyl sites for hydroxylation is 1. The largest absolute Gasteiger partial charge is 0.486 e. The highest BCUT2D eigenvalue weighted by Gasteiger charge is 2.19. The highest BCUT2D eigenvalue weighted by atomic mass is 32.2. The first-order chi connectivity index (χ1) is 10.5. The summed E-state index contributed by atoms with van der Waals surface area (Å²) in [4.78, 5) is 4.17. The zero-order valence-corrected chi connectivity index (χ0v) is 12.9. The molecular weight excluding hydrogens is 308 g/mol. The molecule has 1 aliphatic heterocycles. The summed E-state index contributed by atoms with van der Waals surface area (Å²) in [7, 11) is -3.61.